The highest BCUT2D eigenvalue weighted by molar-refractivity contribution is 6.09. The van der Waals surface area contributed by atoms with Crippen molar-refractivity contribution in [3.63, 3.8) is 0 Å². The van der Waals surface area contributed by atoms with Gasteiger partial charge < -0.3 is 4.57 Å². The van der Waals surface area contributed by atoms with Crippen molar-refractivity contribution in [2.75, 3.05) is 0 Å². The van der Waals surface area contributed by atoms with Crippen LogP contribution >= 0.6 is 0 Å². The molecule has 0 amide bonds. The molecule has 138 valence electrons. The van der Waals surface area contributed by atoms with Crippen molar-refractivity contribution >= 4 is 32.7 Å². The molecule has 2 heteroatoms. The average Bonchev–Trinajstić information content (AvgIpc) is 3.03. The minimum atomic E-state index is 0.968. The molecule has 2 aromatic heterocycles. The van der Waals surface area contributed by atoms with Gasteiger partial charge in [-0.1, -0.05) is 30.3 Å². The van der Waals surface area contributed by atoms with E-state index in [2.05, 4.69) is 104 Å². The molecule has 0 aliphatic heterocycles. The summed E-state index contributed by atoms with van der Waals surface area (Å²) in [6, 6.07) is 24.5. The third-order valence-electron chi connectivity index (χ3n) is 6.12. The highest BCUT2D eigenvalue weighted by Crippen LogP contribution is 2.34. The first-order chi connectivity index (χ1) is 13.6. The van der Waals surface area contributed by atoms with E-state index in [1.165, 1.54) is 55.1 Å². The minimum Gasteiger partial charge on any atom is -0.341 e. The summed E-state index contributed by atoms with van der Waals surface area (Å²) in [5.74, 6) is 0. The van der Waals surface area contributed by atoms with Gasteiger partial charge >= 0.3 is 0 Å². The third-order valence-corrected chi connectivity index (χ3v) is 6.12. The van der Waals surface area contributed by atoms with Gasteiger partial charge in [0.15, 0.2) is 0 Å². The second kappa shape index (κ2) is 6.20. The maximum absolute atomic E-state index is 2.43. The SMILES string of the molecule is CCn1c2ccccc2c2cc(C)c(-c3cc(C)c4ccccc4[n+]3C)cc21. The number of para-hydroxylation sites is 2. The molecule has 5 aromatic rings. The first-order valence-corrected chi connectivity index (χ1v) is 10.0. The Morgan fingerprint density at radius 1 is 0.750 bits per heavy atom. The van der Waals surface area contributed by atoms with Crippen molar-refractivity contribution in [2.45, 2.75) is 27.3 Å². The summed E-state index contributed by atoms with van der Waals surface area (Å²) in [5, 5.41) is 4.00. The fraction of sp³-hybridized carbons (Fsp3) is 0.192. The van der Waals surface area contributed by atoms with Crippen LogP contribution in [0.2, 0.25) is 0 Å². The molecule has 0 radical (unpaired) electrons. The predicted molar refractivity (Wildman–Crippen MR) is 119 cm³/mol. The average molecular weight is 366 g/mol. The van der Waals surface area contributed by atoms with Crippen LogP contribution in [0.3, 0.4) is 0 Å². The highest BCUT2D eigenvalue weighted by Gasteiger charge is 2.20. The van der Waals surface area contributed by atoms with Crippen molar-refractivity contribution in [3.8, 4) is 11.3 Å². The molecule has 0 spiro atoms. The van der Waals surface area contributed by atoms with Crippen molar-refractivity contribution < 1.29 is 4.57 Å². The molecule has 0 fully saturated rings. The van der Waals surface area contributed by atoms with Crippen molar-refractivity contribution in [1.82, 2.24) is 4.57 Å². The van der Waals surface area contributed by atoms with Gasteiger partial charge in [-0.05, 0) is 56.2 Å². The van der Waals surface area contributed by atoms with Crippen LogP contribution in [0.15, 0.2) is 66.7 Å². The van der Waals surface area contributed by atoms with Crippen molar-refractivity contribution in [1.29, 1.82) is 0 Å². The Morgan fingerprint density at radius 3 is 2.25 bits per heavy atom. The van der Waals surface area contributed by atoms with E-state index in [1.54, 1.807) is 0 Å². The molecular formula is C26H25N2+. The van der Waals surface area contributed by atoms with E-state index in [0.717, 1.165) is 6.54 Å². The second-order valence-corrected chi connectivity index (χ2v) is 7.73. The number of benzene rings is 3. The lowest BCUT2D eigenvalue weighted by Gasteiger charge is -2.10. The van der Waals surface area contributed by atoms with Gasteiger partial charge in [0.25, 0.3) is 0 Å². The van der Waals surface area contributed by atoms with Crippen molar-refractivity contribution in [3.05, 3.63) is 77.9 Å². The number of pyridine rings is 1. The molecule has 28 heavy (non-hydrogen) atoms. The Kier molecular flexibility index (Phi) is 3.77. The Balaban J connectivity index is 1.88. The van der Waals surface area contributed by atoms with Gasteiger partial charge in [-0.2, -0.15) is 4.57 Å². The van der Waals surface area contributed by atoms with Crippen LogP contribution in [0.1, 0.15) is 18.1 Å². The summed E-state index contributed by atoms with van der Waals surface area (Å²) < 4.78 is 4.76. The molecule has 0 unspecified atom stereocenters. The number of hydrogen-bond donors (Lipinski definition) is 0. The van der Waals surface area contributed by atoms with Gasteiger partial charge in [0.05, 0.1) is 5.56 Å². The molecule has 5 rings (SSSR count). The summed E-state index contributed by atoms with van der Waals surface area (Å²) in [6.07, 6.45) is 0. The van der Waals surface area contributed by atoms with E-state index < -0.39 is 0 Å². The van der Waals surface area contributed by atoms with Crippen LogP contribution in [0.5, 0.6) is 0 Å². The zero-order valence-corrected chi connectivity index (χ0v) is 17.0. The maximum Gasteiger partial charge on any atom is 0.213 e. The minimum absolute atomic E-state index is 0.968. The number of rotatable bonds is 2. The molecular weight excluding hydrogens is 340 g/mol. The normalized spacial score (nSPS) is 11.7. The molecule has 0 saturated heterocycles. The number of fused-ring (bicyclic) bond motifs is 4. The van der Waals surface area contributed by atoms with E-state index in [9.17, 15) is 0 Å². The van der Waals surface area contributed by atoms with Gasteiger partial charge in [0.2, 0.25) is 11.2 Å². The Labute approximate surface area is 165 Å². The molecule has 0 atom stereocenters. The lowest BCUT2D eigenvalue weighted by Crippen LogP contribution is -2.32. The van der Waals surface area contributed by atoms with E-state index in [-0.39, 0.29) is 0 Å². The largest absolute Gasteiger partial charge is 0.341 e. The maximum atomic E-state index is 2.43. The quantitative estimate of drug-likeness (QED) is 0.335. The number of aromatic nitrogens is 2. The molecule has 0 N–H and O–H groups in total. The Bertz CT molecular complexity index is 1370. The fourth-order valence-corrected chi connectivity index (χ4v) is 4.69. The highest BCUT2D eigenvalue weighted by atomic mass is 15.0. The van der Waals surface area contributed by atoms with Crippen LogP contribution in [0.4, 0.5) is 0 Å². The molecule has 3 aromatic carbocycles. The van der Waals surface area contributed by atoms with E-state index in [4.69, 9.17) is 0 Å². The van der Waals surface area contributed by atoms with Crippen LogP contribution in [0.25, 0.3) is 44.0 Å². The third kappa shape index (κ3) is 2.31. The van der Waals surface area contributed by atoms with Gasteiger partial charge in [-0.25, -0.2) is 0 Å². The van der Waals surface area contributed by atoms with Gasteiger partial charge in [-0.3, -0.25) is 0 Å². The second-order valence-electron chi connectivity index (χ2n) is 7.73. The van der Waals surface area contributed by atoms with E-state index >= 15 is 0 Å². The zero-order valence-electron chi connectivity index (χ0n) is 17.0. The Hall–Kier alpha value is -3.13. The van der Waals surface area contributed by atoms with Gasteiger partial charge in [0.1, 0.15) is 7.05 Å². The summed E-state index contributed by atoms with van der Waals surface area (Å²) >= 11 is 0. The summed E-state index contributed by atoms with van der Waals surface area (Å²) in [5.41, 5.74) is 9.11. The van der Waals surface area contributed by atoms with E-state index in [0.29, 0.717) is 0 Å². The fourth-order valence-electron chi connectivity index (χ4n) is 4.69. The monoisotopic (exact) mass is 365 g/mol. The topological polar surface area (TPSA) is 8.81 Å². The molecule has 0 aliphatic rings. The predicted octanol–water partition coefficient (Wildman–Crippen LogP) is 6.08. The first-order valence-electron chi connectivity index (χ1n) is 10.0. The molecule has 2 nitrogen and oxygen atoms in total. The van der Waals surface area contributed by atoms with Crippen LogP contribution < -0.4 is 4.57 Å². The summed E-state index contributed by atoms with van der Waals surface area (Å²) in [7, 11) is 2.18. The van der Waals surface area contributed by atoms with Gasteiger partial charge in [0, 0.05) is 45.9 Å². The van der Waals surface area contributed by atoms with Crippen LogP contribution in [-0.4, -0.2) is 4.57 Å². The smallest absolute Gasteiger partial charge is 0.213 e. The van der Waals surface area contributed by atoms with E-state index in [1.807, 2.05) is 0 Å². The number of aryl methyl sites for hydroxylation is 4. The lowest BCUT2D eigenvalue weighted by atomic mass is 9.98. The molecule has 0 bridgehead atoms. The Morgan fingerprint density at radius 2 is 1.46 bits per heavy atom. The summed E-state index contributed by atoms with van der Waals surface area (Å²) in [6.45, 7) is 7.64. The van der Waals surface area contributed by atoms with Crippen LogP contribution in [-0.2, 0) is 13.6 Å². The van der Waals surface area contributed by atoms with Gasteiger partial charge in [-0.15, -0.1) is 0 Å². The molecule has 0 saturated carbocycles. The zero-order chi connectivity index (χ0) is 19.4. The first kappa shape index (κ1) is 17.0. The summed E-state index contributed by atoms with van der Waals surface area (Å²) in [4.78, 5) is 0. The van der Waals surface area contributed by atoms with Crippen LogP contribution in [0, 0.1) is 13.8 Å². The van der Waals surface area contributed by atoms with Crippen molar-refractivity contribution in [2.24, 2.45) is 7.05 Å². The molecule has 2 heterocycles. The lowest BCUT2D eigenvalue weighted by molar-refractivity contribution is -0.633. The number of hydrogen-bond acceptors (Lipinski definition) is 0. The molecule has 0 aliphatic carbocycles. The number of nitrogens with zero attached hydrogens (tertiary/aromatic N) is 2. The standard InChI is InChI=1S/C26H25N2/c1-5-28-24-13-9-7-11-20(24)22-14-17(2)21(16-26(22)28)25-15-18(3)19-10-6-8-12-23(19)27(25)4/h6-16H,5H2,1-4H3/q+1.